The molecule has 1 aromatic rings. The van der Waals surface area contributed by atoms with Crippen LogP contribution in [-0.4, -0.2) is 30.1 Å². The Morgan fingerprint density at radius 3 is 2.76 bits per heavy atom. The van der Waals surface area contributed by atoms with Gasteiger partial charge in [-0.05, 0) is 38.8 Å². The lowest BCUT2D eigenvalue weighted by Crippen LogP contribution is -2.63. The maximum absolute atomic E-state index is 12.5. The van der Waals surface area contributed by atoms with Crippen LogP contribution in [0, 0.1) is 0 Å². The van der Waals surface area contributed by atoms with Gasteiger partial charge in [0.25, 0.3) is 0 Å². The fourth-order valence-electron chi connectivity index (χ4n) is 3.11. The van der Waals surface area contributed by atoms with Gasteiger partial charge >= 0.3 is 6.09 Å². The summed E-state index contributed by atoms with van der Waals surface area (Å²) in [4.78, 5) is 24.3. The topological polar surface area (TPSA) is 67.4 Å². The lowest BCUT2D eigenvalue weighted by molar-refractivity contribution is -0.134. The average molecular weight is 288 g/mol. The number of amides is 1. The summed E-state index contributed by atoms with van der Waals surface area (Å²) < 4.78 is 5.20. The summed E-state index contributed by atoms with van der Waals surface area (Å²) in [6.45, 7) is 6.01. The van der Waals surface area contributed by atoms with Crippen molar-refractivity contribution in [2.24, 2.45) is 0 Å². The van der Waals surface area contributed by atoms with Crippen molar-refractivity contribution < 1.29 is 14.3 Å². The normalized spacial score (nSPS) is 26.8. The summed E-state index contributed by atoms with van der Waals surface area (Å²) in [5.74, 6) is 0.0609. The van der Waals surface area contributed by atoms with E-state index < -0.39 is 23.2 Å². The molecule has 0 radical (unpaired) electrons. The SMILES string of the molecule is CC(C)(C)OC(=O)NC1CC2(CNc3ccccc32)C1=O. The number of nitrogens with one attached hydrogen (secondary N) is 2. The van der Waals surface area contributed by atoms with Gasteiger partial charge in [0.2, 0.25) is 0 Å². The van der Waals surface area contributed by atoms with Crippen LogP contribution < -0.4 is 10.6 Å². The molecule has 1 heterocycles. The van der Waals surface area contributed by atoms with Crippen molar-refractivity contribution in [3.63, 3.8) is 0 Å². The molecule has 1 spiro atoms. The van der Waals surface area contributed by atoms with E-state index in [2.05, 4.69) is 10.6 Å². The largest absolute Gasteiger partial charge is 0.444 e. The van der Waals surface area contributed by atoms with Crippen LogP contribution >= 0.6 is 0 Å². The van der Waals surface area contributed by atoms with Gasteiger partial charge in [-0.15, -0.1) is 0 Å². The molecule has 1 aliphatic carbocycles. The first-order chi connectivity index (χ1) is 9.82. The van der Waals surface area contributed by atoms with Gasteiger partial charge in [-0.2, -0.15) is 0 Å². The molecule has 0 saturated heterocycles. The third-order valence-electron chi connectivity index (χ3n) is 4.05. The predicted octanol–water partition coefficient (Wildman–Crippen LogP) is 2.22. The summed E-state index contributed by atoms with van der Waals surface area (Å²) in [5.41, 5.74) is 1.02. The van der Waals surface area contributed by atoms with Gasteiger partial charge in [-0.1, -0.05) is 18.2 Å². The van der Waals surface area contributed by atoms with Crippen LogP contribution in [0.1, 0.15) is 32.8 Å². The highest BCUT2D eigenvalue weighted by Crippen LogP contribution is 2.47. The zero-order valence-electron chi connectivity index (χ0n) is 12.5. The van der Waals surface area contributed by atoms with Crippen molar-refractivity contribution in [2.75, 3.05) is 11.9 Å². The van der Waals surface area contributed by atoms with E-state index in [-0.39, 0.29) is 5.78 Å². The maximum Gasteiger partial charge on any atom is 0.408 e. The monoisotopic (exact) mass is 288 g/mol. The predicted molar refractivity (Wildman–Crippen MR) is 79.4 cm³/mol. The molecule has 5 nitrogen and oxygen atoms in total. The molecule has 3 rings (SSSR count). The number of ether oxygens (including phenoxy) is 1. The Kier molecular flexibility index (Phi) is 2.97. The molecule has 1 amide bonds. The second kappa shape index (κ2) is 4.48. The summed E-state index contributed by atoms with van der Waals surface area (Å²) in [6, 6.07) is 7.40. The number of benzene rings is 1. The molecule has 2 N–H and O–H groups in total. The maximum atomic E-state index is 12.5. The molecule has 21 heavy (non-hydrogen) atoms. The zero-order chi connectivity index (χ0) is 15.3. The first-order valence-corrected chi connectivity index (χ1v) is 7.19. The van der Waals surface area contributed by atoms with Crippen molar-refractivity contribution in [3.05, 3.63) is 29.8 Å². The number of hydrogen-bond acceptors (Lipinski definition) is 4. The van der Waals surface area contributed by atoms with Crippen molar-refractivity contribution >= 4 is 17.6 Å². The number of Topliss-reactive ketones (excluding diaryl/α,β-unsaturated/α-hetero) is 1. The Bertz CT molecular complexity index is 606. The van der Waals surface area contributed by atoms with Crippen LogP contribution in [0.25, 0.3) is 0 Å². The summed E-state index contributed by atoms with van der Waals surface area (Å²) in [7, 11) is 0. The van der Waals surface area contributed by atoms with Crippen molar-refractivity contribution in [2.45, 2.75) is 44.2 Å². The second-order valence-corrected chi connectivity index (χ2v) is 6.75. The zero-order valence-corrected chi connectivity index (χ0v) is 12.5. The number of ketones is 1. The van der Waals surface area contributed by atoms with Crippen LogP contribution in [0.3, 0.4) is 0 Å². The Morgan fingerprint density at radius 1 is 1.38 bits per heavy atom. The van der Waals surface area contributed by atoms with Crippen LogP contribution in [0.15, 0.2) is 24.3 Å². The smallest absolute Gasteiger partial charge is 0.408 e. The van der Waals surface area contributed by atoms with E-state index in [1.165, 1.54) is 0 Å². The van der Waals surface area contributed by atoms with Crippen LogP contribution in [0.5, 0.6) is 0 Å². The van der Waals surface area contributed by atoms with Crippen LogP contribution in [0.2, 0.25) is 0 Å². The molecule has 2 atom stereocenters. The van der Waals surface area contributed by atoms with Crippen LogP contribution in [-0.2, 0) is 14.9 Å². The van der Waals surface area contributed by atoms with E-state index in [0.717, 1.165) is 11.3 Å². The Labute approximate surface area is 124 Å². The van der Waals surface area contributed by atoms with Gasteiger partial charge in [-0.3, -0.25) is 4.79 Å². The molecular formula is C16H20N2O3. The number of fused-ring (bicyclic) bond motifs is 2. The third-order valence-corrected chi connectivity index (χ3v) is 4.05. The van der Waals surface area contributed by atoms with E-state index in [1.807, 2.05) is 24.3 Å². The minimum atomic E-state index is -0.559. The molecule has 1 aliphatic heterocycles. The van der Waals surface area contributed by atoms with E-state index in [4.69, 9.17) is 4.74 Å². The highest BCUT2D eigenvalue weighted by molar-refractivity contribution is 6.05. The molecule has 2 aliphatic rings. The Morgan fingerprint density at radius 2 is 2.10 bits per heavy atom. The first kappa shape index (κ1) is 13.9. The second-order valence-electron chi connectivity index (χ2n) is 6.75. The first-order valence-electron chi connectivity index (χ1n) is 7.19. The summed E-state index contributed by atoms with van der Waals surface area (Å²) in [5, 5.41) is 5.94. The highest BCUT2D eigenvalue weighted by Gasteiger charge is 2.58. The lowest BCUT2D eigenvalue weighted by atomic mass is 9.61. The minimum Gasteiger partial charge on any atom is -0.444 e. The standard InChI is InChI=1S/C16H20N2O3/c1-15(2,3)21-14(20)18-12-8-16(13(12)19)9-17-11-7-5-4-6-10(11)16/h4-7,12,17H,8-9H2,1-3H3,(H,18,20). The van der Waals surface area contributed by atoms with E-state index in [9.17, 15) is 9.59 Å². The third kappa shape index (κ3) is 2.26. The Balaban J connectivity index is 1.68. The molecule has 0 aromatic heterocycles. The average Bonchev–Trinajstić information content (AvgIpc) is 2.78. The molecule has 0 bridgehead atoms. The number of alkyl carbamates (subject to hydrolysis) is 1. The number of hydrogen-bond donors (Lipinski definition) is 2. The van der Waals surface area contributed by atoms with Crippen LogP contribution in [0.4, 0.5) is 10.5 Å². The lowest BCUT2D eigenvalue weighted by Gasteiger charge is -2.43. The van der Waals surface area contributed by atoms with Gasteiger partial charge in [0.05, 0.1) is 11.5 Å². The fourth-order valence-corrected chi connectivity index (χ4v) is 3.11. The number of para-hydroxylation sites is 1. The fraction of sp³-hybridized carbons (Fsp3) is 0.500. The summed E-state index contributed by atoms with van der Waals surface area (Å²) >= 11 is 0. The van der Waals surface area contributed by atoms with Crippen molar-refractivity contribution in [1.29, 1.82) is 0 Å². The Hall–Kier alpha value is -2.04. The number of carbonyl (C=O) groups excluding carboxylic acids is 2. The van der Waals surface area contributed by atoms with Gasteiger partial charge in [-0.25, -0.2) is 4.79 Å². The molecular weight excluding hydrogens is 268 g/mol. The molecule has 5 heteroatoms. The van der Waals surface area contributed by atoms with Gasteiger partial charge in [0.15, 0.2) is 5.78 Å². The van der Waals surface area contributed by atoms with Crippen molar-refractivity contribution in [3.8, 4) is 0 Å². The minimum absolute atomic E-state index is 0.0609. The van der Waals surface area contributed by atoms with Gasteiger partial charge in [0.1, 0.15) is 5.60 Å². The summed E-state index contributed by atoms with van der Waals surface area (Å²) in [6.07, 6.45) is 0.0877. The highest BCUT2D eigenvalue weighted by atomic mass is 16.6. The number of rotatable bonds is 1. The van der Waals surface area contributed by atoms with Gasteiger partial charge < -0.3 is 15.4 Å². The molecule has 112 valence electrons. The van der Waals surface area contributed by atoms with E-state index in [1.54, 1.807) is 20.8 Å². The van der Waals surface area contributed by atoms with E-state index in [0.29, 0.717) is 13.0 Å². The molecule has 1 aromatic carbocycles. The molecule has 1 saturated carbocycles. The number of carbonyl (C=O) groups is 2. The molecule has 2 unspecified atom stereocenters. The van der Waals surface area contributed by atoms with E-state index >= 15 is 0 Å². The van der Waals surface area contributed by atoms with Gasteiger partial charge in [0, 0.05) is 12.2 Å². The number of anilines is 1. The molecule has 1 fully saturated rings. The quantitative estimate of drug-likeness (QED) is 0.831. The van der Waals surface area contributed by atoms with Crippen molar-refractivity contribution in [1.82, 2.24) is 5.32 Å².